The van der Waals surface area contributed by atoms with Crippen LogP contribution in [0.25, 0.3) is 0 Å². The van der Waals surface area contributed by atoms with Gasteiger partial charge in [0.2, 0.25) is 5.75 Å². The van der Waals surface area contributed by atoms with Crippen LogP contribution < -0.4 is 10.1 Å². The Morgan fingerprint density at radius 1 is 1.24 bits per heavy atom. The molecular formula is C15H14N3O3+. The summed E-state index contributed by atoms with van der Waals surface area (Å²) in [5, 5.41) is 2.76. The Balaban J connectivity index is 1.54. The van der Waals surface area contributed by atoms with Crippen LogP contribution in [0.3, 0.4) is 0 Å². The van der Waals surface area contributed by atoms with Gasteiger partial charge in [-0.3, -0.25) is 9.78 Å². The van der Waals surface area contributed by atoms with Gasteiger partial charge in [-0.05, 0) is 18.2 Å². The minimum Gasteiger partial charge on any atom is -0.423 e. The van der Waals surface area contributed by atoms with Crippen molar-refractivity contribution in [3.63, 3.8) is 0 Å². The number of para-hydroxylation sites is 2. The SMILES string of the molecule is O=C(NCCC1Oc2ccccc2[N+]1=O)c1ccncc1. The number of hydrogen-bond acceptors (Lipinski definition) is 4. The Hall–Kier alpha value is -2.76. The summed E-state index contributed by atoms with van der Waals surface area (Å²) < 4.78 is 6.40. The number of amides is 1. The molecule has 21 heavy (non-hydrogen) atoms. The zero-order valence-electron chi connectivity index (χ0n) is 11.2. The van der Waals surface area contributed by atoms with E-state index in [9.17, 15) is 9.70 Å². The second-order valence-electron chi connectivity index (χ2n) is 4.65. The topological polar surface area (TPSA) is 71.3 Å². The lowest BCUT2D eigenvalue weighted by atomic mass is 10.2. The summed E-state index contributed by atoms with van der Waals surface area (Å²) in [6, 6.07) is 10.4. The lowest BCUT2D eigenvalue weighted by molar-refractivity contribution is -0.529. The van der Waals surface area contributed by atoms with E-state index in [2.05, 4.69) is 10.3 Å². The molecular weight excluding hydrogens is 270 g/mol. The molecule has 1 aromatic heterocycles. The van der Waals surface area contributed by atoms with Crippen molar-refractivity contribution in [3.05, 3.63) is 59.3 Å². The van der Waals surface area contributed by atoms with Crippen LogP contribution in [0, 0.1) is 4.91 Å². The quantitative estimate of drug-likeness (QED) is 0.872. The first-order valence-electron chi connectivity index (χ1n) is 6.66. The fourth-order valence-electron chi connectivity index (χ4n) is 2.18. The Morgan fingerprint density at radius 3 is 2.76 bits per heavy atom. The van der Waals surface area contributed by atoms with Crippen molar-refractivity contribution in [2.45, 2.75) is 12.6 Å². The molecule has 2 aromatic rings. The first kappa shape index (κ1) is 13.2. The number of nitrogens with one attached hydrogen (secondary N) is 1. The second kappa shape index (κ2) is 5.70. The van der Waals surface area contributed by atoms with E-state index in [1.165, 1.54) is 0 Å². The number of pyridine rings is 1. The number of hydrogen-bond donors (Lipinski definition) is 1. The summed E-state index contributed by atoms with van der Waals surface area (Å²) in [7, 11) is 0. The normalized spacial score (nSPS) is 16.2. The van der Waals surface area contributed by atoms with Gasteiger partial charge in [-0.2, -0.15) is 0 Å². The molecule has 2 heterocycles. The van der Waals surface area contributed by atoms with Crippen molar-refractivity contribution in [2.75, 3.05) is 6.54 Å². The molecule has 0 aliphatic carbocycles. The summed E-state index contributed by atoms with van der Waals surface area (Å²) in [4.78, 5) is 27.7. The highest BCUT2D eigenvalue weighted by Crippen LogP contribution is 2.35. The van der Waals surface area contributed by atoms with Crippen LogP contribution in [0.1, 0.15) is 16.8 Å². The predicted molar refractivity (Wildman–Crippen MR) is 75.3 cm³/mol. The molecule has 1 aliphatic rings. The maximum absolute atomic E-state index is 12.0. The van der Waals surface area contributed by atoms with E-state index in [0.717, 1.165) is 4.76 Å². The Labute approximate surface area is 121 Å². The van der Waals surface area contributed by atoms with E-state index in [4.69, 9.17) is 4.74 Å². The highest BCUT2D eigenvalue weighted by molar-refractivity contribution is 5.93. The lowest BCUT2D eigenvalue weighted by Gasteiger charge is -2.05. The molecule has 0 bridgehead atoms. The molecule has 1 atom stereocenters. The van der Waals surface area contributed by atoms with E-state index in [0.29, 0.717) is 30.0 Å². The van der Waals surface area contributed by atoms with Gasteiger partial charge in [-0.1, -0.05) is 12.1 Å². The third-order valence-corrected chi connectivity index (χ3v) is 3.25. The monoisotopic (exact) mass is 284 g/mol. The molecule has 0 saturated carbocycles. The van der Waals surface area contributed by atoms with Crippen LogP contribution in [0.4, 0.5) is 5.69 Å². The van der Waals surface area contributed by atoms with Crippen LogP contribution in [0.15, 0.2) is 48.8 Å². The lowest BCUT2D eigenvalue weighted by Crippen LogP contribution is -2.30. The smallest absolute Gasteiger partial charge is 0.352 e. The highest BCUT2D eigenvalue weighted by Gasteiger charge is 2.39. The van der Waals surface area contributed by atoms with Crippen LogP contribution in [-0.4, -0.2) is 28.4 Å². The van der Waals surface area contributed by atoms with Crippen molar-refractivity contribution >= 4 is 11.6 Å². The molecule has 0 radical (unpaired) electrons. The zero-order valence-corrected chi connectivity index (χ0v) is 11.2. The molecule has 0 spiro atoms. The average molecular weight is 284 g/mol. The molecule has 3 rings (SSSR count). The summed E-state index contributed by atoms with van der Waals surface area (Å²) >= 11 is 0. The van der Waals surface area contributed by atoms with Gasteiger partial charge in [0, 0.05) is 35.5 Å². The molecule has 6 heteroatoms. The minimum atomic E-state index is -0.597. The number of nitroso groups, excluding NO2 is 1. The van der Waals surface area contributed by atoms with Gasteiger partial charge in [0.05, 0.1) is 11.2 Å². The average Bonchev–Trinajstić information content (AvgIpc) is 2.85. The molecule has 1 aliphatic heterocycles. The number of ether oxygens (including phenoxy) is 1. The number of nitrogens with zero attached hydrogens (tertiary/aromatic N) is 2. The number of rotatable bonds is 4. The molecule has 1 aromatic carbocycles. The van der Waals surface area contributed by atoms with Crippen molar-refractivity contribution in [1.82, 2.24) is 10.3 Å². The Kier molecular flexibility index (Phi) is 3.59. The molecule has 1 N–H and O–H groups in total. The molecule has 0 saturated heterocycles. The third kappa shape index (κ3) is 2.74. The molecule has 0 fully saturated rings. The van der Waals surface area contributed by atoms with E-state index < -0.39 is 6.23 Å². The Morgan fingerprint density at radius 2 is 2.00 bits per heavy atom. The first-order chi connectivity index (χ1) is 10.3. The maximum Gasteiger partial charge on any atom is 0.352 e. The minimum absolute atomic E-state index is 0.189. The van der Waals surface area contributed by atoms with Crippen LogP contribution >= 0.6 is 0 Å². The zero-order chi connectivity index (χ0) is 14.7. The number of aromatic nitrogens is 1. The number of fused-ring (bicyclic) bond motifs is 1. The van der Waals surface area contributed by atoms with Crippen LogP contribution in [-0.2, 0) is 0 Å². The fraction of sp³-hybridized carbons (Fsp3) is 0.200. The van der Waals surface area contributed by atoms with Crippen molar-refractivity contribution in [1.29, 1.82) is 0 Å². The standard InChI is InChI=1S/C15H13N3O3/c19-15(11-5-8-16-9-6-11)17-10-7-14-18(20)12-3-1-2-4-13(12)21-14/h1-6,8-9,14H,7,10H2/p+1. The molecule has 1 amide bonds. The highest BCUT2D eigenvalue weighted by atomic mass is 16.5. The van der Waals surface area contributed by atoms with Crippen LogP contribution in [0.2, 0.25) is 0 Å². The van der Waals surface area contributed by atoms with E-state index >= 15 is 0 Å². The van der Waals surface area contributed by atoms with E-state index in [-0.39, 0.29) is 5.91 Å². The van der Waals surface area contributed by atoms with Gasteiger partial charge in [-0.25, -0.2) is 0 Å². The summed E-state index contributed by atoms with van der Waals surface area (Å²) in [5.74, 6) is 0.392. The predicted octanol–water partition coefficient (Wildman–Crippen LogP) is 2.03. The van der Waals surface area contributed by atoms with Gasteiger partial charge in [0.15, 0.2) is 0 Å². The molecule has 6 nitrogen and oxygen atoms in total. The van der Waals surface area contributed by atoms with Gasteiger partial charge in [0.1, 0.15) is 0 Å². The summed E-state index contributed by atoms with van der Waals surface area (Å²) in [6.07, 6.45) is 2.94. The Bertz CT molecular complexity index is 673. The number of benzene rings is 1. The molecule has 106 valence electrons. The van der Waals surface area contributed by atoms with Crippen molar-refractivity contribution in [2.24, 2.45) is 0 Å². The number of carbonyl (C=O) groups excluding carboxylic acids is 1. The number of carbonyl (C=O) groups is 1. The van der Waals surface area contributed by atoms with Gasteiger partial charge < -0.3 is 10.1 Å². The fourth-order valence-corrected chi connectivity index (χ4v) is 2.18. The second-order valence-corrected chi connectivity index (χ2v) is 4.65. The third-order valence-electron chi connectivity index (χ3n) is 3.25. The van der Waals surface area contributed by atoms with Gasteiger partial charge in [0.25, 0.3) is 5.91 Å². The van der Waals surface area contributed by atoms with Crippen molar-refractivity contribution in [3.8, 4) is 5.75 Å². The maximum atomic E-state index is 12.0. The largest absolute Gasteiger partial charge is 0.423 e. The first-order valence-corrected chi connectivity index (χ1v) is 6.66. The van der Waals surface area contributed by atoms with Gasteiger partial charge in [-0.15, -0.1) is 0 Å². The molecule has 1 unspecified atom stereocenters. The van der Waals surface area contributed by atoms with E-state index in [1.807, 2.05) is 6.07 Å². The van der Waals surface area contributed by atoms with Crippen molar-refractivity contribution < 1.29 is 14.3 Å². The summed E-state index contributed by atoms with van der Waals surface area (Å²) in [5.41, 5.74) is 1.07. The van der Waals surface area contributed by atoms with Gasteiger partial charge >= 0.3 is 11.9 Å². The van der Waals surface area contributed by atoms with E-state index in [1.54, 1.807) is 42.7 Å². The van der Waals surface area contributed by atoms with Crippen LogP contribution in [0.5, 0.6) is 5.75 Å². The summed E-state index contributed by atoms with van der Waals surface area (Å²) in [6.45, 7) is 0.360.